The summed E-state index contributed by atoms with van der Waals surface area (Å²) >= 11 is 6.09. The molecule has 0 fully saturated rings. The summed E-state index contributed by atoms with van der Waals surface area (Å²) < 4.78 is 5.72. The number of hydrogen-bond donors (Lipinski definition) is 0. The molecule has 2 nitrogen and oxygen atoms in total. The van der Waals surface area contributed by atoms with E-state index in [9.17, 15) is 0 Å². The second-order valence-electron chi connectivity index (χ2n) is 4.38. The Labute approximate surface area is 113 Å². The van der Waals surface area contributed by atoms with Gasteiger partial charge in [0.15, 0.2) is 0 Å². The summed E-state index contributed by atoms with van der Waals surface area (Å²) in [5.74, 6) is 0.869. The number of unbranched alkanes of at least 4 members (excludes halogenated alkanes) is 3. The van der Waals surface area contributed by atoms with Crippen molar-refractivity contribution in [1.29, 1.82) is 0 Å². The predicted octanol–water partition coefficient (Wildman–Crippen LogP) is 4.85. The molecule has 3 heteroatoms. The van der Waals surface area contributed by atoms with Crippen molar-refractivity contribution in [2.75, 3.05) is 6.61 Å². The molecule has 0 unspecified atom stereocenters. The molecule has 96 valence electrons. The Morgan fingerprint density at radius 3 is 2.89 bits per heavy atom. The fourth-order valence-corrected chi connectivity index (χ4v) is 2.12. The average Bonchev–Trinajstić information content (AvgIpc) is 2.39. The van der Waals surface area contributed by atoms with E-state index in [1.807, 2.05) is 18.2 Å². The molecule has 0 N–H and O–H groups in total. The lowest BCUT2D eigenvalue weighted by Gasteiger charge is -2.07. The van der Waals surface area contributed by atoms with Gasteiger partial charge in [-0.25, -0.2) is 0 Å². The molecule has 1 heterocycles. The van der Waals surface area contributed by atoms with E-state index in [1.54, 1.807) is 12.3 Å². The van der Waals surface area contributed by atoms with Crippen molar-refractivity contribution in [3.63, 3.8) is 0 Å². The highest BCUT2D eigenvalue weighted by atomic mass is 35.5. The molecule has 0 bridgehead atoms. The third-order valence-corrected chi connectivity index (χ3v) is 3.26. The lowest BCUT2D eigenvalue weighted by Crippen LogP contribution is -1.97. The first-order valence-electron chi connectivity index (χ1n) is 6.48. The molecular formula is C15H18ClNO. The lowest BCUT2D eigenvalue weighted by atomic mass is 10.2. The van der Waals surface area contributed by atoms with E-state index in [0.717, 1.165) is 34.7 Å². The highest BCUT2D eigenvalue weighted by Gasteiger charge is 2.01. The fourth-order valence-electron chi connectivity index (χ4n) is 1.90. The molecule has 0 radical (unpaired) electrons. The van der Waals surface area contributed by atoms with Crippen molar-refractivity contribution >= 4 is 22.5 Å². The standard InChI is InChI=1S/C15H18ClNO/c1-2-3-4-5-10-18-12-6-7-13-14(16)8-9-17-15(13)11-12/h6-9,11H,2-5,10H2,1H3. The summed E-state index contributed by atoms with van der Waals surface area (Å²) in [6.45, 7) is 2.98. The zero-order chi connectivity index (χ0) is 12.8. The van der Waals surface area contributed by atoms with Crippen LogP contribution in [0.3, 0.4) is 0 Å². The van der Waals surface area contributed by atoms with Gasteiger partial charge in [0, 0.05) is 17.6 Å². The van der Waals surface area contributed by atoms with Gasteiger partial charge in [-0.05, 0) is 24.6 Å². The molecule has 2 aromatic rings. The minimum absolute atomic E-state index is 0.731. The van der Waals surface area contributed by atoms with Gasteiger partial charge in [-0.3, -0.25) is 4.98 Å². The maximum atomic E-state index is 6.09. The van der Waals surface area contributed by atoms with Gasteiger partial charge in [0.05, 0.1) is 17.1 Å². The van der Waals surface area contributed by atoms with Crippen molar-refractivity contribution in [2.45, 2.75) is 32.6 Å². The molecular weight excluding hydrogens is 246 g/mol. The molecule has 0 saturated heterocycles. The van der Waals surface area contributed by atoms with Crippen LogP contribution in [0.1, 0.15) is 32.6 Å². The molecule has 0 saturated carbocycles. The van der Waals surface area contributed by atoms with Gasteiger partial charge in [0.25, 0.3) is 0 Å². The Hall–Kier alpha value is -1.28. The number of halogens is 1. The number of rotatable bonds is 6. The molecule has 1 aromatic carbocycles. The van der Waals surface area contributed by atoms with Gasteiger partial charge < -0.3 is 4.74 Å². The second kappa shape index (κ2) is 6.60. The van der Waals surface area contributed by atoms with E-state index in [-0.39, 0.29) is 0 Å². The van der Waals surface area contributed by atoms with Crippen LogP contribution in [-0.4, -0.2) is 11.6 Å². The number of ether oxygens (including phenoxy) is 1. The minimum atomic E-state index is 0.731. The molecule has 0 atom stereocenters. The highest BCUT2D eigenvalue weighted by molar-refractivity contribution is 6.35. The number of benzene rings is 1. The van der Waals surface area contributed by atoms with Crippen molar-refractivity contribution in [3.8, 4) is 5.75 Å². The van der Waals surface area contributed by atoms with Crippen molar-refractivity contribution < 1.29 is 4.74 Å². The number of pyridine rings is 1. The molecule has 0 aliphatic carbocycles. The third kappa shape index (κ3) is 3.36. The smallest absolute Gasteiger partial charge is 0.121 e. The van der Waals surface area contributed by atoms with E-state index in [2.05, 4.69) is 11.9 Å². The van der Waals surface area contributed by atoms with E-state index in [4.69, 9.17) is 16.3 Å². The normalized spacial score (nSPS) is 10.8. The first-order chi connectivity index (χ1) is 8.81. The number of aromatic nitrogens is 1. The highest BCUT2D eigenvalue weighted by Crippen LogP contribution is 2.25. The summed E-state index contributed by atoms with van der Waals surface area (Å²) in [4.78, 5) is 4.30. The van der Waals surface area contributed by atoms with E-state index < -0.39 is 0 Å². The van der Waals surface area contributed by atoms with Crippen molar-refractivity contribution in [2.24, 2.45) is 0 Å². The zero-order valence-corrected chi connectivity index (χ0v) is 11.4. The van der Waals surface area contributed by atoms with Crippen LogP contribution in [-0.2, 0) is 0 Å². The maximum Gasteiger partial charge on any atom is 0.121 e. The van der Waals surface area contributed by atoms with Gasteiger partial charge in [-0.15, -0.1) is 0 Å². The average molecular weight is 264 g/mol. The van der Waals surface area contributed by atoms with Crippen LogP contribution in [0.15, 0.2) is 30.5 Å². The van der Waals surface area contributed by atoms with Crippen LogP contribution >= 0.6 is 11.6 Å². The summed E-state index contributed by atoms with van der Waals surface area (Å²) in [7, 11) is 0. The largest absolute Gasteiger partial charge is 0.494 e. The first kappa shape index (κ1) is 13.2. The van der Waals surface area contributed by atoms with E-state index in [0.29, 0.717) is 0 Å². The van der Waals surface area contributed by atoms with E-state index >= 15 is 0 Å². The summed E-state index contributed by atoms with van der Waals surface area (Å²) in [6, 6.07) is 7.66. The molecule has 0 amide bonds. The first-order valence-corrected chi connectivity index (χ1v) is 6.86. The van der Waals surface area contributed by atoms with Gasteiger partial charge in [0.1, 0.15) is 5.75 Å². The minimum Gasteiger partial charge on any atom is -0.494 e. The third-order valence-electron chi connectivity index (χ3n) is 2.93. The zero-order valence-electron chi connectivity index (χ0n) is 10.7. The molecule has 1 aromatic heterocycles. The summed E-state index contributed by atoms with van der Waals surface area (Å²) in [5.41, 5.74) is 0.883. The Bertz CT molecular complexity index is 513. The summed E-state index contributed by atoms with van der Waals surface area (Å²) in [5, 5.41) is 1.70. The number of fused-ring (bicyclic) bond motifs is 1. The predicted molar refractivity (Wildman–Crippen MR) is 76.4 cm³/mol. The van der Waals surface area contributed by atoms with Crippen LogP contribution in [0.4, 0.5) is 0 Å². The van der Waals surface area contributed by atoms with E-state index in [1.165, 1.54) is 19.3 Å². The summed E-state index contributed by atoms with van der Waals surface area (Å²) in [6.07, 6.45) is 6.58. The van der Waals surface area contributed by atoms with Gasteiger partial charge >= 0.3 is 0 Å². The van der Waals surface area contributed by atoms with Gasteiger partial charge in [-0.1, -0.05) is 37.8 Å². The fraction of sp³-hybridized carbons (Fsp3) is 0.400. The van der Waals surface area contributed by atoms with Crippen molar-refractivity contribution in [1.82, 2.24) is 4.98 Å². The van der Waals surface area contributed by atoms with Crippen molar-refractivity contribution in [3.05, 3.63) is 35.5 Å². The van der Waals surface area contributed by atoms with Gasteiger partial charge in [-0.2, -0.15) is 0 Å². The SMILES string of the molecule is CCCCCCOc1ccc2c(Cl)ccnc2c1. The van der Waals surface area contributed by atoms with Crippen LogP contribution in [0.5, 0.6) is 5.75 Å². The Morgan fingerprint density at radius 1 is 1.17 bits per heavy atom. The Morgan fingerprint density at radius 2 is 2.06 bits per heavy atom. The quantitative estimate of drug-likeness (QED) is 0.695. The molecule has 0 aliphatic rings. The van der Waals surface area contributed by atoms with Crippen LogP contribution in [0.2, 0.25) is 5.02 Å². The van der Waals surface area contributed by atoms with Gasteiger partial charge in [0.2, 0.25) is 0 Å². The monoisotopic (exact) mass is 263 g/mol. The van der Waals surface area contributed by atoms with Crippen LogP contribution in [0, 0.1) is 0 Å². The molecule has 18 heavy (non-hydrogen) atoms. The topological polar surface area (TPSA) is 22.1 Å². The maximum absolute atomic E-state index is 6.09. The molecule has 0 aliphatic heterocycles. The Balaban J connectivity index is 1.98. The Kier molecular flexibility index (Phi) is 4.82. The lowest BCUT2D eigenvalue weighted by molar-refractivity contribution is 0.305. The molecule has 0 spiro atoms. The number of nitrogens with zero attached hydrogens (tertiary/aromatic N) is 1. The second-order valence-corrected chi connectivity index (χ2v) is 4.79. The van der Waals surface area contributed by atoms with Crippen LogP contribution < -0.4 is 4.74 Å². The number of hydrogen-bond acceptors (Lipinski definition) is 2. The van der Waals surface area contributed by atoms with Crippen LogP contribution in [0.25, 0.3) is 10.9 Å². The molecule has 2 rings (SSSR count).